The lowest BCUT2D eigenvalue weighted by Crippen LogP contribution is -1.96. The molecule has 90 valence electrons. The molecule has 2 aromatic carbocycles. The van der Waals surface area contributed by atoms with Crippen molar-refractivity contribution in [3.8, 4) is 5.69 Å². The van der Waals surface area contributed by atoms with Crippen molar-refractivity contribution in [3.63, 3.8) is 0 Å². The van der Waals surface area contributed by atoms with Gasteiger partial charge in [0.2, 0.25) is 0 Å². The molecule has 18 heavy (non-hydrogen) atoms. The van der Waals surface area contributed by atoms with Gasteiger partial charge in [0, 0.05) is 5.69 Å². The van der Waals surface area contributed by atoms with E-state index in [-0.39, 0.29) is 5.02 Å². The fourth-order valence-corrected chi connectivity index (χ4v) is 2.07. The van der Waals surface area contributed by atoms with Crippen LogP contribution in [-0.4, -0.2) is 9.55 Å². The standard InChI is InChI=1S/C13H9ClFN3/c14-9-2-1-3-12(13(9)15)18-7-17-10-6-8(16)4-5-11(10)18/h1-7H,16H2. The second kappa shape index (κ2) is 3.99. The molecule has 0 saturated carbocycles. The molecule has 0 unspecified atom stereocenters. The summed E-state index contributed by atoms with van der Waals surface area (Å²) in [5.74, 6) is -0.463. The number of nitrogen functional groups attached to an aromatic ring is 1. The maximum absolute atomic E-state index is 14.0. The van der Waals surface area contributed by atoms with E-state index >= 15 is 0 Å². The van der Waals surface area contributed by atoms with Crippen molar-refractivity contribution in [1.82, 2.24) is 9.55 Å². The Morgan fingerprint density at radius 1 is 1.22 bits per heavy atom. The van der Waals surface area contributed by atoms with E-state index in [2.05, 4.69) is 4.98 Å². The Hall–Kier alpha value is -2.07. The molecule has 0 aliphatic rings. The minimum Gasteiger partial charge on any atom is -0.399 e. The summed E-state index contributed by atoms with van der Waals surface area (Å²) in [4.78, 5) is 4.20. The van der Waals surface area contributed by atoms with Crippen LogP contribution in [0.15, 0.2) is 42.7 Å². The summed E-state index contributed by atoms with van der Waals surface area (Å²) in [6.45, 7) is 0. The molecule has 0 atom stereocenters. The van der Waals surface area contributed by atoms with Gasteiger partial charge in [0.05, 0.1) is 21.7 Å². The van der Waals surface area contributed by atoms with Gasteiger partial charge in [0.25, 0.3) is 0 Å². The van der Waals surface area contributed by atoms with E-state index in [4.69, 9.17) is 17.3 Å². The summed E-state index contributed by atoms with van der Waals surface area (Å²) in [6, 6.07) is 10.2. The quantitative estimate of drug-likeness (QED) is 0.682. The summed E-state index contributed by atoms with van der Waals surface area (Å²) in [6.07, 6.45) is 1.55. The van der Waals surface area contributed by atoms with Crippen LogP contribution in [0.3, 0.4) is 0 Å². The summed E-state index contributed by atoms with van der Waals surface area (Å²) in [5.41, 5.74) is 8.18. The molecule has 0 saturated heterocycles. The van der Waals surface area contributed by atoms with E-state index < -0.39 is 5.82 Å². The Morgan fingerprint density at radius 2 is 2.06 bits per heavy atom. The molecular formula is C13H9ClFN3. The number of aromatic nitrogens is 2. The Balaban J connectivity index is 2.29. The Bertz CT molecular complexity index is 736. The molecule has 2 N–H and O–H groups in total. The summed E-state index contributed by atoms with van der Waals surface area (Å²) < 4.78 is 15.6. The lowest BCUT2D eigenvalue weighted by atomic mass is 10.2. The van der Waals surface area contributed by atoms with Gasteiger partial charge in [0.15, 0.2) is 5.82 Å². The molecule has 0 radical (unpaired) electrons. The first-order chi connectivity index (χ1) is 8.66. The molecule has 3 rings (SSSR count). The zero-order valence-electron chi connectivity index (χ0n) is 9.27. The third-order valence-electron chi connectivity index (χ3n) is 2.76. The predicted octanol–water partition coefficient (Wildman–Crippen LogP) is 3.40. The Kier molecular flexibility index (Phi) is 2.45. The van der Waals surface area contributed by atoms with Gasteiger partial charge in [0.1, 0.15) is 6.33 Å². The predicted molar refractivity (Wildman–Crippen MR) is 70.5 cm³/mol. The zero-order valence-corrected chi connectivity index (χ0v) is 10.0. The van der Waals surface area contributed by atoms with Crippen molar-refractivity contribution in [1.29, 1.82) is 0 Å². The topological polar surface area (TPSA) is 43.8 Å². The van der Waals surface area contributed by atoms with Crippen molar-refractivity contribution in [2.24, 2.45) is 0 Å². The van der Waals surface area contributed by atoms with E-state index in [0.29, 0.717) is 11.4 Å². The number of halogens is 2. The van der Waals surface area contributed by atoms with Gasteiger partial charge in [-0.05, 0) is 30.3 Å². The van der Waals surface area contributed by atoms with Crippen molar-refractivity contribution in [2.45, 2.75) is 0 Å². The van der Waals surface area contributed by atoms with Crippen LogP contribution in [0.1, 0.15) is 0 Å². The molecule has 0 aliphatic carbocycles. The number of imidazole rings is 1. The highest BCUT2D eigenvalue weighted by atomic mass is 35.5. The minimum absolute atomic E-state index is 0.0878. The monoisotopic (exact) mass is 261 g/mol. The first-order valence-electron chi connectivity index (χ1n) is 5.34. The van der Waals surface area contributed by atoms with E-state index in [9.17, 15) is 4.39 Å². The smallest absolute Gasteiger partial charge is 0.165 e. The van der Waals surface area contributed by atoms with Gasteiger partial charge in [-0.1, -0.05) is 17.7 Å². The van der Waals surface area contributed by atoms with Crippen LogP contribution >= 0.6 is 11.6 Å². The van der Waals surface area contributed by atoms with Crippen LogP contribution in [0, 0.1) is 5.82 Å². The highest BCUT2D eigenvalue weighted by molar-refractivity contribution is 6.30. The number of benzene rings is 2. The molecule has 0 spiro atoms. The largest absolute Gasteiger partial charge is 0.399 e. The third-order valence-corrected chi connectivity index (χ3v) is 3.05. The number of hydrogen-bond acceptors (Lipinski definition) is 2. The van der Waals surface area contributed by atoms with Crippen LogP contribution in [0.2, 0.25) is 5.02 Å². The van der Waals surface area contributed by atoms with Gasteiger partial charge in [-0.25, -0.2) is 9.37 Å². The van der Waals surface area contributed by atoms with Crippen LogP contribution in [0.4, 0.5) is 10.1 Å². The molecule has 3 aromatic rings. The third kappa shape index (κ3) is 1.62. The van der Waals surface area contributed by atoms with Crippen LogP contribution < -0.4 is 5.73 Å². The second-order valence-corrected chi connectivity index (χ2v) is 4.34. The zero-order chi connectivity index (χ0) is 12.7. The summed E-state index contributed by atoms with van der Waals surface area (Å²) in [5, 5.41) is 0.0878. The summed E-state index contributed by atoms with van der Waals surface area (Å²) in [7, 11) is 0. The maximum Gasteiger partial charge on any atom is 0.165 e. The average Bonchev–Trinajstić information content (AvgIpc) is 2.75. The normalized spacial score (nSPS) is 11.0. The number of hydrogen-bond donors (Lipinski definition) is 1. The number of nitrogens with zero attached hydrogens (tertiary/aromatic N) is 2. The highest BCUT2D eigenvalue weighted by Crippen LogP contribution is 2.25. The van der Waals surface area contributed by atoms with Gasteiger partial charge < -0.3 is 5.73 Å². The average molecular weight is 262 g/mol. The maximum atomic E-state index is 14.0. The molecule has 0 bridgehead atoms. The lowest BCUT2D eigenvalue weighted by molar-refractivity contribution is 0.620. The van der Waals surface area contributed by atoms with Crippen molar-refractivity contribution in [2.75, 3.05) is 5.73 Å². The number of nitrogens with two attached hydrogens (primary N) is 1. The van der Waals surface area contributed by atoms with Gasteiger partial charge >= 0.3 is 0 Å². The molecule has 0 fully saturated rings. The Morgan fingerprint density at radius 3 is 2.89 bits per heavy atom. The molecule has 1 aromatic heterocycles. The van der Waals surface area contributed by atoms with E-state index in [1.807, 2.05) is 0 Å². The fraction of sp³-hybridized carbons (Fsp3) is 0. The first-order valence-corrected chi connectivity index (χ1v) is 5.71. The second-order valence-electron chi connectivity index (χ2n) is 3.94. The SMILES string of the molecule is Nc1ccc2c(c1)ncn2-c1cccc(Cl)c1F. The van der Waals surface area contributed by atoms with E-state index in [1.165, 1.54) is 6.07 Å². The highest BCUT2D eigenvalue weighted by Gasteiger charge is 2.11. The summed E-state index contributed by atoms with van der Waals surface area (Å²) >= 11 is 5.78. The molecule has 0 aliphatic heterocycles. The fourth-order valence-electron chi connectivity index (χ4n) is 1.90. The van der Waals surface area contributed by atoms with Gasteiger partial charge in [-0.3, -0.25) is 4.57 Å². The number of rotatable bonds is 1. The van der Waals surface area contributed by atoms with Crippen molar-refractivity contribution in [3.05, 3.63) is 53.6 Å². The van der Waals surface area contributed by atoms with Gasteiger partial charge in [-0.15, -0.1) is 0 Å². The van der Waals surface area contributed by atoms with Crippen LogP contribution in [-0.2, 0) is 0 Å². The van der Waals surface area contributed by atoms with Gasteiger partial charge in [-0.2, -0.15) is 0 Å². The van der Waals surface area contributed by atoms with Crippen LogP contribution in [0.5, 0.6) is 0 Å². The molecule has 0 amide bonds. The van der Waals surface area contributed by atoms with E-state index in [1.54, 1.807) is 41.2 Å². The van der Waals surface area contributed by atoms with E-state index in [0.717, 1.165) is 11.0 Å². The lowest BCUT2D eigenvalue weighted by Gasteiger charge is -2.06. The van der Waals surface area contributed by atoms with Crippen LogP contribution in [0.25, 0.3) is 16.7 Å². The molecule has 3 nitrogen and oxygen atoms in total. The molecule has 1 heterocycles. The Labute approximate surface area is 108 Å². The number of anilines is 1. The molecular weight excluding hydrogens is 253 g/mol. The van der Waals surface area contributed by atoms with Crippen molar-refractivity contribution < 1.29 is 4.39 Å². The van der Waals surface area contributed by atoms with Crippen molar-refractivity contribution >= 4 is 28.3 Å². The number of fused-ring (bicyclic) bond motifs is 1. The molecule has 5 heteroatoms. The first kappa shape index (κ1) is 11.0. The minimum atomic E-state index is -0.463.